The Balaban J connectivity index is 0.000000368. The minimum absolute atomic E-state index is 0.000339. The highest BCUT2D eigenvalue weighted by Crippen LogP contribution is 2.76. The summed E-state index contributed by atoms with van der Waals surface area (Å²) in [4.78, 5) is 99.8. The maximum Gasteiger partial charge on any atom is 0.326 e. The lowest BCUT2D eigenvalue weighted by Crippen LogP contribution is -2.48. The molecule has 8 fully saturated rings. The van der Waals surface area contributed by atoms with Crippen LogP contribution >= 0.6 is 0 Å². The molecule has 15 nitrogen and oxygen atoms in total. The maximum absolute atomic E-state index is 13.0. The highest BCUT2D eigenvalue weighted by Gasteiger charge is 2.71. The van der Waals surface area contributed by atoms with Crippen LogP contribution in [0.2, 0.25) is 0 Å². The molecular weight excluding hydrogens is 1420 g/mol. The van der Waals surface area contributed by atoms with Crippen molar-refractivity contribution in [2.24, 2.45) is 169 Å². The van der Waals surface area contributed by atoms with Gasteiger partial charge in [-0.2, -0.15) is 0 Å². The number of hydrogen-bond acceptors (Lipinski definition) is 14. The van der Waals surface area contributed by atoms with Crippen LogP contribution in [0.25, 0.3) is 0 Å². The van der Waals surface area contributed by atoms with Crippen molar-refractivity contribution in [2.45, 2.75) is 402 Å². The van der Waals surface area contributed by atoms with Crippen LogP contribution in [0.4, 0.5) is 0 Å². The van der Waals surface area contributed by atoms with Crippen LogP contribution in [0, 0.1) is 169 Å². The molecule has 7 saturated carbocycles. The second-order valence-electron chi connectivity index (χ2n) is 44.9. The Morgan fingerprint density at radius 2 is 0.690 bits per heavy atom. The van der Waals surface area contributed by atoms with Gasteiger partial charge in [0.15, 0.2) is 0 Å². The first-order valence-electron chi connectivity index (χ1n) is 45.2. The average Bonchev–Trinajstić information content (AvgIpc) is 1.52. The molecule has 0 aromatic rings. The molecule has 8 aliphatic rings. The van der Waals surface area contributed by atoms with E-state index < -0.39 is 33.6 Å². The number of imide groups is 1. The second kappa shape index (κ2) is 38.6. The van der Waals surface area contributed by atoms with Gasteiger partial charge >= 0.3 is 35.8 Å². The minimum Gasteiger partial charge on any atom is -0.459 e. The van der Waals surface area contributed by atoms with Gasteiger partial charge in [0, 0.05) is 11.8 Å². The summed E-state index contributed by atoms with van der Waals surface area (Å²) >= 11 is 0. The van der Waals surface area contributed by atoms with Crippen molar-refractivity contribution < 1.29 is 66.8 Å². The molecule has 21 unspecified atom stereocenters. The predicted octanol–water partition coefficient (Wildman–Crippen LogP) is 23.9. The molecule has 7 aliphatic carbocycles. The van der Waals surface area contributed by atoms with Crippen LogP contribution in [-0.2, 0) is 66.8 Å². The Morgan fingerprint density at radius 1 is 0.389 bits per heavy atom. The first-order valence-corrected chi connectivity index (χ1v) is 45.2. The molecule has 8 rings (SSSR count). The normalized spacial score (nSPS) is 31.6. The summed E-state index contributed by atoms with van der Waals surface area (Å²) in [6, 6.07) is 0. The number of esters is 6. The summed E-state index contributed by atoms with van der Waals surface area (Å²) in [5.74, 6) is 12.5. The number of carbonyl (C=O) groups is 8. The monoisotopic (exact) mass is 1590 g/mol. The summed E-state index contributed by atoms with van der Waals surface area (Å²) in [5, 5.41) is 0. The van der Waals surface area contributed by atoms with Gasteiger partial charge in [-0.1, -0.05) is 213 Å². The van der Waals surface area contributed by atoms with Gasteiger partial charge < -0.3 is 28.4 Å². The Kier molecular flexibility index (Phi) is 35.2. The van der Waals surface area contributed by atoms with Crippen LogP contribution in [0.15, 0.2) is 0 Å². The second-order valence-corrected chi connectivity index (χ2v) is 44.9. The molecule has 6 bridgehead atoms. The van der Waals surface area contributed by atoms with Gasteiger partial charge in [0.05, 0.1) is 30.1 Å². The summed E-state index contributed by atoms with van der Waals surface area (Å²) in [6.07, 6.45) is 11.6. The topological polar surface area (TPSA) is 195 Å². The fourth-order valence-electron chi connectivity index (χ4n) is 19.4. The average molecular weight is 1590 g/mol. The molecule has 0 spiro atoms. The van der Waals surface area contributed by atoms with Crippen LogP contribution in [-0.4, -0.2) is 92.7 Å². The number of nitrogens with zero attached hydrogens (tertiary/aromatic N) is 1. The zero-order chi connectivity index (χ0) is 88.3. The number of fused-ring (bicyclic) bond motifs is 14. The Bertz CT molecular complexity index is 3080. The first-order chi connectivity index (χ1) is 51.0. The molecule has 1 aliphatic heterocycles. The number of ether oxygens (including phenoxy) is 6. The van der Waals surface area contributed by atoms with Gasteiger partial charge in [0.1, 0.15) is 40.2 Å². The van der Waals surface area contributed by atoms with Crippen molar-refractivity contribution in [3.8, 4) is 0 Å². The van der Waals surface area contributed by atoms with Crippen LogP contribution in [0.3, 0.4) is 0 Å². The molecule has 2 amide bonds. The molecule has 113 heavy (non-hydrogen) atoms. The Hall–Kier alpha value is -4.04. The highest BCUT2D eigenvalue weighted by atomic mass is 16.6. The van der Waals surface area contributed by atoms with Gasteiger partial charge in [0.2, 0.25) is 11.8 Å². The van der Waals surface area contributed by atoms with Gasteiger partial charge in [-0.25, -0.2) is 0 Å². The lowest BCUT2D eigenvalue weighted by Gasteiger charge is -2.51. The van der Waals surface area contributed by atoms with Crippen molar-refractivity contribution in [1.82, 2.24) is 4.90 Å². The quantitative estimate of drug-likeness (QED) is 0.0362. The molecule has 21 atom stereocenters. The molecule has 0 aromatic carbocycles. The van der Waals surface area contributed by atoms with E-state index >= 15 is 0 Å². The smallest absolute Gasteiger partial charge is 0.326 e. The van der Waals surface area contributed by atoms with E-state index in [1.54, 1.807) is 20.8 Å². The van der Waals surface area contributed by atoms with E-state index in [0.29, 0.717) is 42.4 Å². The number of likely N-dealkylation sites (tertiary alicyclic amines) is 1. The molecule has 1 heterocycles. The van der Waals surface area contributed by atoms with Gasteiger partial charge in [-0.05, 0) is 282 Å². The summed E-state index contributed by atoms with van der Waals surface area (Å²) in [5.41, 5.74) is -4.40. The van der Waals surface area contributed by atoms with Gasteiger partial charge in [-0.15, -0.1) is 0 Å². The zero-order valence-electron chi connectivity index (χ0n) is 81.0. The minimum atomic E-state index is -0.969. The molecule has 658 valence electrons. The van der Waals surface area contributed by atoms with Crippen molar-refractivity contribution in [3.63, 3.8) is 0 Å². The number of carbonyl (C=O) groups excluding carboxylic acids is 8. The molecule has 1 saturated heterocycles. The summed E-state index contributed by atoms with van der Waals surface area (Å²) < 4.78 is 34.3. The van der Waals surface area contributed by atoms with E-state index in [-0.39, 0.29) is 117 Å². The van der Waals surface area contributed by atoms with Crippen LogP contribution < -0.4 is 0 Å². The van der Waals surface area contributed by atoms with E-state index in [1.165, 1.54) is 44.9 Å². The fourth-order valence-corrected chi connectivity index (χ4v) is 19.4. The molecule has 0 N–H and O–H groups in total. The SMILES string of the molecule is CC(C)C(C)(C)OC(=O)CC(C)(C(=O)OC(C)(C)C(C)C)C(C)(C)C.CC1C(=O)N(CC(=O)OC(C)(C)C(C)C)C(=O)C1C.CC1C(C)C2CC1C1C3CC(C21)C(C)(CC(=O)OC(C)(C)C(C)C)C3C.CCC.CCC(C)(C)C(=O)OC(C)(C)C(C)C.CCC1CC(CC)C2C1C1CC2C(C)(CC(=O)OC(C)(C)C(C)C)C1C. The fraction of sp³-hybridized carbons (Fsp3) is 0.918. The number of hydrogen-bond donors (Lipinski definition) is 0. The van der Waals surface area contributed by atoms with Crippen molar-refractivity contribution in [3.05, 3.63) is 0 Å². The van der Waals surface area contributed by atoms with E-state index in [4.69, 9.17) is 28.4 Å². The number of rotatable bonds is 25. The predicted molar refractivity (Wildman–Crippen MR) is 460 cm³/mol. The van der Waals surface area contributed by atoms with E-state index in [9.17, 15) is 38.4 Å². The van der Waals surface area contributed by atoms with Crippen LogP contribution in [0.1, 0.15) is 368 Å². The number of amides is 2. The van der Waals surface area contributed by atoms with Crippen molar-refractivity contribution in [1.29, 1.82) is 0 Å². The van der Waals surface area contributed by atoms with Gasteiger partial charge in [-0.3, -0.25) is 43.3 Å². The third kappa shape index (κ3) is 23.1. The van der Waals surface area contributed by atoms with Gasteiger partial charge in [0.25, 0.3) is 0 Å². The molecule has 15 heteroatoms. The van der Waals surface area contributed by atoms with Crippen LogP contribution in [0.5, 0.6) is 0 Å². The first kappa shape index (κ1) is 103. The summed E-state index contributed by atoms with van der Waals surface area (Å²) in [6.45, 7) is 88.3. The lowest BCUT2D eigenvalue weighted by atomic mass is 9.54. The maximum atomic E-state index is 13.0. The Morgan fingerprint density at radius 3 is 1.03 bits per heavy atom. The molecule has 0 aromatic heterocycles. The highest BCUT2D eigenvalue weighted by molar-refractivity contribution is 6.06. The Labute approximate surface area is 693 Å². The van der Waals surface area contributed by atoms with E-state index in [0.717, 1.165) is 94.2 Å². The van der Waals surface area contributed by atoms with E-state index in [2.05, 4.69) is 125 Å². The zero-order valence-corrected chi connectivity index (χ0v) is 81.0. The van der Waals surface area contributed by atoms with Crippen molar-refractivity contribution in [2.75, 3.05) is 6.54 Å². The third-order valence-electron chi connectivity index (χ3n) is 33.4. The molecular formula is C98H177NO14. The van der Waals surface area contributed by atoms with Crippen molar-refractivity contribution >= 4 is 47.6 Å². The van der Waals surface area contributed by atoms with E-state index in [1.807, 2.05) is 152 Å². The molecule has 0 radical (unpaired) electrons. The summed E-state index contributed by atoms with van der Waals surface area (Å²) in [7, 11) is 0. The lowest BCUT2D eigenvalue weighted by molar-refractivity contribution is -0.187. The third-order valence-corrected chi connectivity index (χ3v) is 33.4. The standard InChI is InChI=1S/C24H40O2.C24H42O2.C21H40O4.C14H23NO4.C12H24O2.C3H8/c1-12(2)23(6,7)26-20(25)11-24(8)15(5)18-10-19(24)22-17-9-16(21(18)22)13(3)14(17)4;1-9-16-11-17(10-2)22-19-12-18(21(16)22)15(5)24(19,8)13-20(25)26-23(6,7)14(3)4;1-14(2)19(8,9)24-16(22)13-21(12,18(5,6)7)17(23)25-20(10,11)15(3)4;1-8(2)14(5,6)19-11(16)7-15-12(17)9(3)10(4)13(15)18;1-8-11(4,5)10(13)14-12(6,7)9(2)3;1-3-2/h12-19,21-22H,9-11H2,1-8H3;14-19,21-22H,9-13H2,1-8H3;14-15H,13H2,1-12H3;8-10H,7H2,1-6H3;9H,8H2,1-7H3;3H2,1-2H3. The largest absolute Gasteiger partial charge is 0.459 e.